The van der Waals surface area contributed by atoms with Gasteiger partial charge in [0.25, 0.3) is 0 Å². The molecular weight excluding hydrogens is 355 g/mol. The third kappa shape index (κ3) is 3.38. The van der Waals surface area contributed by atoms with E-state index in [1.165, 1.54) is 0 Å². The Morgan fingerprint density at radius 1 is 1.08 bits per heavy atom. The number of alkyl halides is 1. The summed E-state index contributed by atoms with van der Waals surface area (Å²) in [5, 5.41) is 10.4. The molecule has 0 aliphatic carbocycles. The van der Waals surface area contributed by atoms with Gasteiger partial charge in [-0.15, -0.1) is 0 Å². The molecule has 132 valence electrons. The summed E-state index contributed by atoms with van der Waals surface area (Å²) in [5.41, 5.74) is 2.34. The van der Waals surface area contributed by atoms with Gasteiger partial charge < -0.3 is 10.0 Å². The molecule has 1 fully saturated rings. The number of β-amino-alcohol motifs (C(OH)–C–C–N with tert-alkyl or cyclic N) is 1. The first-order valence-electron chi connectivity index (χ1n) is 8.22. The number of rotatable bonds is 3. The van der Waals surface area contributed by atoms with Crippen LogP contribution in [-0.4, -0.2) is 45.4 Å². The fourth-order valence-corrected chi connectivity index (χ4v) is 3.05. The van der Waals surface area contributed by atoms with Crippen molar-refractivity contribution >= 4 is 17.4 Å². The van der Waals surface area contributed by atoms with E-state index in [1.807, 2.05) is 24.3 Å². The molecule has 0 radical (unpaired) electrons. The molecule has 5 nitrogen and oxygen atoms in total. The highest BCUT2D eigenvalue weighted by Crippen LogP contribution is 2.29. The zero-order valence-corrected chi connectivity index (χ0v) is 14.5. The Kier molecular flexibility index (Phi) is 4.53. The molecule has 3 heterocycles. The van der Waals surface area contributed by atoms with Crippen molar-refractivity contribution in [3.8, 4) is 22.6 Å². The maximum absolute atomic E-state index is 13.8. The lowest BCUT2D eigenvalue weighted by Crippen LogP contribution is -2.22. The van der Waals surface area contributed by atoms with Gasteiger partial charge in [0.1, 0.15) is 18.1 Å². The van der Waals surface area contributed by atoms with E-state index in [2.05, 4.69) is 15.0 Å². The fourth-order valence-electron chi connectivity index (χ4n) is 2.92. The van der Waals surface area contributed by atoms with Crippen LogP contribution in [0.5, 0.6) is 0 Å². The number of halogens is 2. The molecule has 0 saturated carbocycles. The van der Waals surface area contributed by atoms with E-state index in [-0.39, 0.29) is 13.1 Å². The predicted molar refractivity (Wildman–Crippen MR) is 98.8 cm³/mol. The highest BCUT2D eigenvalue weighted by atomic mass is 35.5. The minimum absolute atomic E-state index is 0.102. The lowest BCUT2D eigenvalue weighted by Gasteiger charge is -2.18. The van der Waals surface area contributed by atoms with Crippen LogP contribution in [0.3, 0.4) is 0 Å². The molecular formula is C19H16ClFN4O. The van der Waals surface area contributed by atoms with Gasteiger partial charge in [0.2, 0.25) is 0 Å². The molecule has 1 aliphatic heterocycles. The summed E-state index contributed by atoms with van der Waals surface area (Å²) in [6.45, 7) is 0.301. The van der Waals surface area contributed by atoms with E-state index in [0.29, 0.717) is 22.4 Å². The minimum Gasteiger partial charge on any atom is -0.388 e. The molecule has 0 bridgehead atoms. The van der Waals surface area contributed by atoms with Gasteiger partial charge in [-0.25, -0.2) is 14.4 Å². The molecule has 2 aromatic heterocycles. The van der Waals surface area contributed by atoms with Gasteiger partial charge >= 0.3 is 0 Å². The largest absolute Gasteiger partial charge is 0.388 e. The van der Waals surface area contributed by atoms with E-state index < -0.39 is 12.3 Å². The highest BCUT2D eigenvalue weighted by Gasteiger charge is 2.32. The molecule has 3 aromatic rings. The van der Waals surface area contributed by atoms with Gasteiger partial charge in [-0.2, -0.15) is 0 Å². The smallest absolute Gasteiger partial charge is 0.163 e. The number of benzene rings is 1. The number of hydrogen-bond acceptors (Lipinski definition) is 5. The molecule has 2 atom stereocenters. The van der Waals surface area contributed by atoms with Gasteiger partial charge in [-0.1, -0.05) is 23.7 Å². The Morgan fingerprint density at radius 2 is 1.88 bits per heavy atom. The second kappa shape index (κ2) is 6.97. The van der Waals surface area contributed by atoms with Crippen LogP contribution in [0.25, 0.3) is 22.6 Å². The third-order valence-corrected chi connectivity index (χ3v) is 4.57. The van der Waals surface area contributed by atoms with Crippen LogP contribution in [0.1, 0.15) is 0 Å². The quantitative estimate of drug-likeness (QED) is 0.765. The number of nitrogens with zero attached hydrogens (tertiary/aromatic N) is 4. The summed E-state index contributed by atoms with van der Waals surface area (Å²) in [5.74, 6) is 1.07. The molecule has 4 rings (SSSR count). The monoisotopic (exact) mass is 370 g/mol. The average Bonchev–Trinajstić information content (AvgIpc) is 3.01. The van der Waals surface area contributed by atoms with Gasteiger partial charge in [-0.05, 0) is 24.3 Å². The van der Waals surface area contributed by atoms with Crippen LogP contribution in [0.15, 0.2) is 54.9 Å². The molecule has 0 spiro atoms. The summed E-state index contributed by atoms with van der Waals surface area (Å²) in [6, 6.07) is 12.8. The van der Waals surface area contributed by atoms with Crippen LogP contribution < -0.4 is 4.90 Å². The normalized spacial score (nSPS) is 19.7. The second-order valence-corrected chi connectivity index (χ2v) is 6.61. The van der Waals surface area contributed by atoms with Crippen LogP contribution in [-0.2, 0) is 0 Å². The van der Waals surface area contributed by atoms with Crippen molar-refractivity contribution in [3.63, 3.8) is 0 Å². The van der Waals surface area contributed by atoms with Crippen LogP contribution in [0.2, 0.25) is 5.02 Å². The van der Waals surface area contributed by atoms with Gasteiger partial charge in [0.05, 0.1) is 12.2 Å². The molecule has 0 amide bonds. The van der Waals surface area contributed by atoms with Gasteiger partial charge in [0, 0.05) is 41.2 Å². The maximum Gasteiger partial charge on any atom is 0.163 e. The van der Waals surface area contributed by atoms with E-state index in [4.69, 9.17) is 11.6 Å². The zero-order chi connectivity index (χ0) is 18.1. The van der Waals surface area contributed by atoms with Crippen molar-refractivity contribution in [1.82, 2.24) is 15.0 Å². The van der Waals surface area contributed by atoms with Crippen molar-refractivity contribution in [1.29, 1.82) is 0 Å². The molecule has 0 unspecified atom stereocenters. The topological polar surface area (TPSA) is 62.1 Å². The number of aliphatic hydroxyl groups excluding tert-OH is 1. The predicted octanol–water partition coefficient (Wildman–Crippen LogP) is 3.38. The Balaban J connectivity index is 1.81. The second-order valence-electron chi connectivity index (χ2n) is 6.17. The van der Waals surface area contributed by atoms with Crippen molar-refractivity contribution in [3.05, 3.63) is 59.9 Å². The Bertz CT molecular complexity index is 897. The SMILES string of the molecule is O[C@@H]1CN(c2cc(-c3ccc(Cl)cc3)nc(-c3cccnc3)n2)C[C@H]1F. The van der Waals surface area contributed by atoms with E-state index in [1.54, 1.807) is 35.5 Å². The number of hydrogen-bond donors (Lipinski definition) is 1. The van der Waals surface area contributed by atoms with E-state index in [9.17, 15) is 9.50 Å². The van der Waals surface area contributed by atoms with Crippen molar-refractivity contribution in [2.24, 2.45) is 0 Å². The average molecular weight is 371 g/mol. The zero-order valence-electron chi connectivity index (χ0n) is 13.8. The lowest BCUT2D eigenvalue weighted by atomic mass is 10.1. The standard InChI is InChI=1S/C19H16ClFN4O/c20-14-5-3-12(4-6-14)16-8-18(25-10-15(21)17(26)11-25)24-19(23-16)13-2-1-7-22-9-13/h1-9,15,17,26H,10-11H2/t15-,17-/m1/s1. The van der Waals surface area contributed by atoms with E-state index >= 15 is 0 Å². The number of aromatic nitrogens is 3. The van der Waals surface area contributed by atoms with Gasteiger partial charge in [0.15, 0.2) is 5.82 Å². The van der Waals surface area contributed by atoms with Crippen LogP contribution >= 0.6 is 11.6 Å². The van der Waals surface area contributed by atoms with Crippen LogP contribution in [0.4, 0.5) is 10.2 Å². The molecule has 1 N–H and O–H groups in total. The summed E-state index contributed by atoms with van der Waals surface area (Å²) < 4.78 is 13.8. The maximum atomic E-state index is 13.8. The Labute approximate surface area is 155 Å². The molecule has 1 aliphatic rings. The molecule has 26 heavy (non-hydrogen) atoms. The molecule has 1 aromatic carbocycles. The van der Waals surface area contributed by atoms with Gasteiger partial charge in [-0.3, -0.25) is 4.98 Å². The molecule has 1 saturated heterocycles. The Morgan fingerprint density at radius 3 is 2.54 bits per heavy atom. The third-order valence-electron chi connectivity index (χ3n) is 4.32. The summed E-state index contributed by atoms with van der Waals surface area (Å²) in [6.07, 6.45) is 1.07. The van der Waals surface area contributed by atoms with E-state index in [0.717, 1.165) is 11.1 Å². The summed E-state index contributed by atoms with van der Waals surface area (Å²) in [7, 11) is 0. The first-order valence-corrected chi connectivity index (χ1v) is 8.60. The lowest BCUT2D eigenvalue weighted by molar-refractivity contribution is 0.118. The number of pyridine rings is 1. The Hall–Kier alpha value is -2.57. The first-order chi connectivity index (χ1) is 12.6. The minimum atomic E-state index is -1.29. The van der Waals surface area contributed by atoms with Crippen molar-refractivity contribution in [2.45, 2.75) is 12.3 Å². The fraction of sp³-hybridized carbons (Fsp3) is 0.211. The summed E-state index contributed by atoms with van der Waals surface area (Å²) in [4.78, 5) is 15.1. The van der Waals surface area contributed by atoms with Crippen molar-refractivity contribution < 1.29 is 9.50 Å². The summed E-state index contributed by atoms with van der Waals surface area (Å²) >= 11 is 5.97. The highest BCUT2D eigenvalue weighted by molar-refractivity contribution is 6.30. The number of anilines is 1. The van der Waals surface area contributed by atoms with Crippen LogP contribution in [0, 0.1) is 0 Å². The van der Waals surface area contributed by atoms with Crippen molar-refractivity contribution in [2.75, 3.05) is 18.0 Å². The molecule has 7 heteroatoms. The first kappa shape index (κ1) is 16.9. The number of aliphatic hydroxyl groups is 1.